The molecule has 0 aliphatic carbocycles. The third-order valence-corrected chi connectivity index (χ3v) is 2.39. The SMILES string of the molecule is NC(c1cccc(C(F)(F)F)c1)c1ncc[nH]1. The number of hydrogen-bond donors (Lipinski definition) is 2. The number of nitrogens with one attached hydrogen (secondary N) is 1. The van der Waals surface area contributed by atoms with E-state index in [2.05, 4.69) is 9.97 Å². The minimum atomic E-state index is -4.36. The molecular formula is C11H10F3N3. The average molecular weight is 241 g/mol. The van der Waals surface area contributed by atoms with Gasteiger partial charge in [0.25, 0.3) is 0 Å². The van der Waals surface area contributed by atoms with Gasteiger partial charge in [-0.15, -0.1) is 0 Å². The van der Waals surface area contributed by atoms with Crippen molar-refractivity contribution in [2.75, 3.05) is 0 Å². The third kappa shape index (κ3) is 2.47. The number of imidazole rings is 1. The summed E-state index contributed by atoms with van der Waals surface area (Å²) in [6.07, 6.45) is -1.29. The van der Waals surface area contributed by atoms with E-state index in [0.717, 1.165) is 12.1 Å². The number of aromatic nitrogens is 2. The van der Waals surface area contributed by atoms with Crippen molar-refractivity contribution in [1.82, 2.24) is 9.97 Å². The van der Waals surface area contributed by atoms with Crippen molar-refractivity contribution < 1.29 is 13.2 Å². The predicted molar refractivity (Wildman–Crippen MR) is 56.1 cm³/mol. The zero-order chi connectivity index (χ0) is 12.5. The van der Waals surface area contributed by atoms with Crippen molar-refractivity contribution >= 4 is 0 Å². The summed E-state index contributed by atoms with van der Waals surface area (Å²) in [6.45, 7) is 0. The molecule has 0 radical (unpaired) electrons. The molecule has 2 rings (SSSR count). The Kier molecular flexibility index (Phi) is 2.89. The second-order valence-corrected chi connectivity index (χ2v) is 3.58. The van der Waals surface area contributed by atoms with E-state index in [1.165, 1.54) is 12.3 Å². The summed E-state index contributed by atoms with van der Waals surface area (Å²) in [6, 6.07) is 4.24. The van der Waals surface area contributed by atoms with Gasteiger partial charge in [-0.25, -0.2) is 4.98 Å². The molecule has 0 saturated heterocycles. The number of nitrogens with zero attached hydrogens (tertiary/aromatic N) is 1. The number of nitrogens with two attached hydrogens (primary N) is 1. The third-order valence-electron chi connectivity index (χ3n) is 2.39. The molecule has 0 spiro atoms. The van der Waals surface area contributed by atoms with Crippen LogP contribution in [-0.4, -0.2) is 9.97 Å². The first-order valence-corrected chi connectivity index (χ1v) is 4.90. The van der Waals surface area contributed by atoms with E-state index in [-0.39, 0.29) is 0 Å². The van der Waals surface area contributed by atoms with Crippen molar-refractivity contribution in [3.05, 3.63) is 53.6 Å². The number of benzene rings is 1. The predicted octanol–water partition coefficient (Wildman–Crippen LogP) is 2.48. The highest BCUT2D eigenvalue weighted by atomic mass is 19.4. The minimum absolute atomic E-state index is 0.370. The Bertz CT molecular complexity index is 491. The molecule has 17 heavy (non-hydrogen) atoms. The summed E-state index contributed by atoms with van der Waals surface area (Å²) in [5.41, 5.74) is 5.47. The van der Waals surface area contributed by atoms with Gasteiger partial charge in [-0.1, -0.05) is 12.1 Å². The van der Waals surface area contributed by atoms with Gasteiger partial charge in [0.2, 0.25) is 0 Å². The van der Waals surface area contributed by atoms with Crippen LogP contribution in [0.2, 0.25) is 0 Å². The van der Waals surface area contributed by atoms with Crippen LogP contribution < -0.4 is 5.73 Å². The van der Waals surface area contributed by atoms with Gasteiger partial charge in [-0.05, 0) is 17.7 Å². The fraction of sp³-hybridized carbons (Fsp3) is 0.182. The van der Waals surface area contributed by atoms with Crippen LogP contribution in [0.15, 0.2) is 36.7 Å². The summed E-state index contributed by atoms with van der Waals surface area (Å²) < 4.78 is 37.5. The standard InChI is InChI=1S/C11H10F3N3/c12-11(13,14)8-3-1-2-7(6-8)9(15)10-16-4-5-17-10/h1-6,9H,15H2,(H,16,17). The molecule has 6 heteroatoms. The quantitative estimate of drug-likeness (QED) is 0.848. The number of hydrogen-bond acceptors (Lipinski definition) is 2. The van der Waals surface area contributed by atoms with Crippen LogP contribution in [0, 0.1) is 0 Å². The fourth-order valence-electron chi connectivity index (χ4n) is 1.51. The molecule has 1 aromatic carbocycles. The van der Waals surface area contributed by atoms with E-state index >= 15 is 0 Å². The Morgan fingerprint density at radius 2 is 2.06 bits per heavy atom. The minimum Gasteiger partial charge on any atom is -0.347 e. The largest absolute Gasteiger partial charge is 0.416 e. The van der Waals surface area contributed by atoms with Gasteiger partial charge < -0.3 is 10.7 Å². The number of H-pyrrole nitrogens is 1. The Morgan fingerprint density at radius 1 is 1.29 bits per heavy atom. The first-order valence-electron chi connectivity index (χ1n) is 4.90. The fourth-order valence-corrected chi connectivity index (χ4v) is 1.51. The zero-order valence-corrected chi connectivity index (χ0v) is 8.70. The second kappa shape index (κ2) is 4.21. The molecule has 1 heterocycles. The maximum atomic E-state index is 12.5. The summed E-state index contributed by atoms with van der Waals surface area (Å²) in [4.78, 5) is 6.70. The summed E-state index contributed by atoms with van der Waals surface area (Å²) in [7, 11) is 0. The average Bonchev–Trinajstić information content (AvgIpc) is 2.80. The van der Waals surface area contributed by atoms with Crippen LogP contribution >= 0.6 is 0 Å². The highest BCUT2D eigenvalue weighted by Crippen LogP contribution is 2.31. The van der Waals surface area contributed by atoms with Crippen LogP contribution in [0.3, 0.4) is 0 Å². The van der Waals surface area contributed by atoms with Gasteiger partial charge in [0.15, 0.2) is 0 Å². The number of alkyl halides is 3. The molecule has 0 fully saturated rings. The summed E-state index contributed by atoms with van der Waals surface area (Å²) >= 11 is 0. The van der Waals surface area contributed by atoms with Crippen LogP contribution in [0.5, 0.6) is 0 Å². The lowest BCUT2D eigenvalue weighted by molar-refractivity contribution is -0.137. The topological polar surface area (TPSA) is 54.7 Å². The molecule has 1 aromatic heterocycles. The highest BCUT2D eigenvalue weighted by molar-refractivity contribution is 5.30. The smallest absolute Gasteiger partial charge is 0.347 e. The molecule has 0 amide bonds. The van der Waals surface area contributed by atoms with Gasteiger partial charge in [-0.2, -0.15) is 13.2 Å². The first-order chi connectivity index (χ1) is 7.98. The molecule has 0 aliphatic heterocycles. The molecule has 1 unspecified atom stereocenters. The van der Waals surface area contributed by atoms with E-state index in [1.54, 1.807) is 12.3 Å². The van der Waals surface area contributed by atoms with Gasteiger partial charge in [0.1, 0.15) is 5.82 Å². The van der Waals surface area contributed by atoms with E-state index < -0.39 is 17.8 Å². The monoisotopic (exact) mass is 241 g/mol. The van der Waals surface area contributed by atoms with Gasteiger partial charge >= 0.3 is 6.18 Å². The molecule has 3 N–H and O–H groups in total. The Balaban J connectivity index is 2.34. The van der Waals surface area contributed by atoms with Crippen LogP contribution in [0.4, 0.5) is 13.2 Å². The molecule has 0 aliphatic rings. The molecule has 2 aromatic rings. The van der Waals surface area contributed by atoms with Crippen LogP contribution in [-0.2, 0) is 6.18 Å². The van der Waals surface area contributed by atoms with E-state index in [1.807, 2.05) is 0 Å². The highest BCUT2D eigenvalue weighted by Gasteiger charge is 2.30. The van der Waals surface area contributed by atoms with Crippen molar-refractivity contribution in [2.24, 2.45) is 5.73 Å². The molecular weight excluding hydrogens is 231 g/mol. The van der Waals surface area contributed by atoms with Crippen molar-refractivity contribution in [1.29, 1.82) is 0 Å². The lowest BCUT2D eigenvalue weighted by atomic mass is 10.0. The van der Waals surface area contributed by atoms with Gasteiger partial charge in [0, 0.05) is 12.4 Å². The van der Waals surface area contributed by atoms with Gasteiger partial charge in [-0.3, -0.25) is 0 Å². The van der Waals surface area contributed by atoms with Gasteiger partial charge in [0.05, 0.1) is 11.6 Å². The maximum absolute atomic E-state index is 12.5. The maximum Gasteiger partial charge on any atom is 0.416 e. The first kappa shape index (κ1) is 11.7. The zero-order valence-electron chi connectivity index (χ0n) is 8.70. The normalized spacial score (nSPS) is 13.6. The van der Waals surface area contributed by atoms with Crippen molar-refractivity contribution in [3.8, 4) is 0 Å². The Labute approximate surface area is 95.5 Å². The Hall–Kier alpha value is -1.82. The molecule has 0 saturated carbocycles. The summed E-state index contributed by atoms with van der Waals surface area (Å²) in [5, 5.41) is 0. The summed E-state index contributed by atoms with van der Waals surface area (Å²) in [5.74, 6) is 0.435. The van der Waals surface area contributed by atoms with E-state index in [4.69, 9.17) is 5.73 Å². The van der Waals surface area contributed by atoms with E-state index in [0.29, 0.717) is 11.4 Å². The number of halogens is 3. The van der Waals surface area contributed by atoms with Crippen molar-refractivity contribution in [2.45, 2.75) is 12.2 Å². The molecule has 90 valence electrons. The van der Waals surface area contributed by atoms with Crippen LogP contribution in [0.1, 0.15) is 23.0 Å². The van der Waals surface area contributed by atoms with E-state index in [9.17, 15) is 13.2 Å². The Morgan fingerprint density at radius 3 is 2.65 bits per heavy atom. The lowest BCUT2D eigenvalue weighted by Crippen LogP contribution is -2.15. The van der Waals surface area contributed by atoms with Crippen LogP contribution in [0.25, 0.3) is 0 Å². The second-order valence-electron chi connectivity index (χ2n) is 3.58. The molecule has 0 bridgehead atoms. The molecule has 3 nitrogen and oxygen atoms in total. The molecule has 1 atom stereocenters. The number of rotatable bonds is 2. The lowest BCUT2D eigenvalue weighted by Gasteiger charge is -2.12. The van der Waals surface area contributed by atoms with Crippen molar-refractivity contribution in [3.63, 3.8) is 0 Å². The number of aromatic amines is 1.